The molecule has 0 fully saturated rings. The number of hydrogen-bond acceptors (Lipinski definition) is 5. The number of ether oxygens (including phenoxy) is 3. The van der Waals surface area contributed by atoms with Crippen LogP contribution in [0.1, 0.15) is 18.9 Å². The summed E-state index contributed by atoms with van der Waals surface area (Å²) in [7, 11) is 1.27. The Morgan fingerprint density at radius 2 is 1.82 bits per heavy atom. The van der Waals surface area contributed by atoms with Crippen molar-refractivity contribution >= 4 is 11.9 Å². The molecule has 0 heterocycles. The Balaban J connectivity index is 2.10. The van der Waals surface area contributed by atoms with Crippen molar-refractivity contribution < 1.29 is 23.8 Å². The van der Waals surface area contributed by atoms with Crippen LogP contribution in [0.2, 0.25) is 0 Å². The predicted molar refractivity (Wildman–Crippen MR) is 81.2 cm³/mol. The van der Waals surface area contributed by atoms with Gasteiger partial charge in [-0.05, 0) is 12.0 Å². The minimum absolute atomic E-state index is 0.0882. The Morgan fingerprint density at radius 1 is 1.14 bits per heavy atom. The average molecular weight is 309 g/mol. The Morgan fingerprint density at radius 3 is 2.45 bits per heavy atom. The number of methoxy groups -OCH3 is 1. The summed E-state index contributed by atoms with van der Waals surface area (Å²) in [6.45, 7) is 3.01. The highest BCUT2D eigenvalue weighted by molar-refractivity contribution is 5.83. The molecule has 6 heteroatoms. The monoisotopic (exact) mass is 309 g/mol. The number of benzene rings is 1. The quantitative estimate of drug-likeness (QED) is 0.521. The lowest BCUT2D eigenvalue weighted by Gasteiger charge is -2.15. The van der Waals surface area contributed by atoms with E-state index in [9.17, 15) is 9.59 Å². The molecule has 1 rings (SSSR count). The smallest absolute Gasteiger partial charge is 0.330 e. The molecule has 6 nitrogen and oxygen atoms in total. The average Bonchev–Trinajstić information content (AvgIpc) is 2.52. The van der Waals surface area contributed by atoms with Crippen molar-refractivity contribution in [1.29, 1.82) is 0 Å². The van der Waals surface area contributed by atoms with Crippen LogP contribution in [0, 0.1) is 0 Å². The predicted octanol–water partition coefficient (Wildman–Crippen LogP) is 1.29. The third-order valence-corrected chi connectivity index (χ3v) is 2.84. The summed E-state index contributed by atoms with van der Waals surface area (Å²) in [5.74, 6) is -0.819. The van der Waals surface area contributed by atoms with E-state index >= 15 is 0 Å². The van der Waals surface area contributed by atoms with Gasteiger partial charge in [0.2, 0.25) is 5.91 Å². The number of amides is 1. The Bertz CT molecular complexity index is 449. The lowest BCUT2D eigenvalue weighted by Crippen LogP contribution is -2.43. The molecule has 0 aliphatic rings. The van der Waals surface area contributed by atoms with Gasteiger partial charge in [-0.15, -0.1) is 0 Å². The molecule has 0 unspecified atom stereocenters. The summed E-state index contributed by atoms with van der Waals surface area (Å²) in [5.41, 5.74) is 1.12. The number of carbonyl (C=O) groups is 2. The van der Waals surface area contributed by atoms with Gasteiger partial charge in [-0.2, -0.15) is 0 Å². The van der Waals surface area contributed by atoms with Gasteiger partial charge in [0.05, 0.1) is 20.3 Å². The molecule has 0 bridgehead atoms. The first-order valence-corrected chi connectivity index (χ1v) is 7.18. The van der Waals surface area contributed by atoms with E-state index in [-0.39, 0.29) is 12.5 Å². The molecule has 0 saturated carbocycles. The van der Waals surface area contributed by atoms with E-state index in [0.29, 0.717) is 26.2 Å². The molecule has 0 spiro atoms. The topological polar surface area (TPSA) is 73.9 Å². The lowest BCUT2D eigenvalue weighted by atomic mass is 10.2. The summed E-state index contributed by atoms with van der Waals surface area (Å²) >= 11 is 0. The van der Waals surface area contributed by atoms with Crippen LogP contribution in [-0.2, 0) is 30.4 Å². The maximum Gasteiger partial charge on any atom is 0.330 e. The highest BCUT2D eigenvalue weighted by Crippen LogP contribution is 2.01. The van der Waals surface area contributed by atoms with Gasteiger partial charge in [-0.1, -0.05) is 30.3 Å². The van der Waals surface area contributed by atoms with E-state index in [2.05, 4.69) is 10.1 Å². The molecule has 1 aromatic rings. The van der Waals surface area contributed by atoms with Gasteiger partial charge in [-0.3, -0.25) is 4.79 Å². The van der Waals surface area contributed by atoms with Crippen molar-refractivity contribution in [3.05, 3.63) is 35.9 Å². The summed E-state index contributed by atoms with van der Waals surface area (Å²) in [4.78, 5) is 22.4. The van der Waals surface area contributed by atoms with Crippen LogP contribution in [0.15, 0.2) is 30.3 Å². The van der Waals surface area contributed by atoms with Crippen LogP contribution in [0.5, 0.6) is 0 Å². The number of nitrogens with one attached hydrogen (secondary N) is 1. The van der Waals surface area contributed by atoms with Crippen molar-refractivity contribution in [2.45, 2.75) is 26.0 Å². The van der Waals surface area contributed by atoms with Crippen molar-refractivity contribution in [3.63, 3.8) is 0 Å². The molecule has 22 heavy (non-hydrogen) atoms. The molecule has 1 amide bonds. The van der Waals surface area contributed by atoms with E-state index in [1.807, 2.05) is 30.3 Å². The summed E-state index contributed by atoms with van der Waals surface area (Å²) in [5, 5.41) is 2.48. The minimum atomic E-state index is -0.771. The van der Waals surface area contributed by atoms with Crippen LogP contribution in [0.3, 0.4) is 0 Å². The van der Waals surface area contributed by atoms with Gasteiger partial charge in [0.25, 0.3) is 0 Å². The molecular formula is C16H23NO5. The van der Waals surface area contributed by atoms with Crippen molar-refractivity contribution in [2.24, 2.45) is 0 Å². The second-order valence-electron chi connectivity index (χ2n) is 4.74. The first-order valence-electron chi connectivity index (χ1n) is 7.18. The number of hydrogen-bond donors (Lipinski definition) is 1. The minimum Gasteiger partial charge on any atom is -0.467 e. The van der Waals surface area contributed by atoms with Gasteiger partial charge in [-0.25, -0.2) is 4.79 Å². The summed E-state index contributed by atoms with van der Waals surface area (Å²) < 4.78 is 15.5. The zero-order valence-corrected chi connectivity index (χ0v) is 13.0. The van der Waals surface area contributed by atoms with Crippen LogP contribution in [-0.4, -0.2) is 44.8 Å². The zero-order valence-electron chi connectivity index (χ0n) is 13.0. The Hall–Kier alpha value is -1.92. The van der Waals surface area contributed by atoms with Gasteiger partial charge in [0.15, 0.2) is 6.04 Å². The van der Waals surface area contributed by atoms with Crippen LogP contribution < -0.4 is 5.32 Å². The van der Waals surface area contributed by atoms with E-state index in [1.165, 1.54) is 14.0 Å². The van der Waals surface area contributed by atoms with Gasteiger partial charge in [0.1, 0.15) is 0 Å². The van der Waals surface area contributed by atoms with Crippen LogP contribution in [0.4, 0.5) is 0 Å². The Labute approximate surface area is 130 Å². The highest BCUT2D eigenvalue weighted by Gasteiger charge is 2.19. The fourth-order valence-electron chi connectivity index (χ4n) is 1.78. The summed E-state index contributed by atoms with van der Waals surface area (Å²) in [6, 6.07) is 9.14. The van der Waals surface area contributed by atoms with E-state index < -0.39 is 12.0 Å². The van der Waals surface area contributed by atoms with Gasteiger partial charge >= 0.3 is 5.97 Å². The van der Waals surface area contributed by atoms with Gasteiger partial charge < -0.3 is 19.5 Å². The second-order valence-corrected chi connectivity index (χ2v) is 4.74. The standard InChI is InChI=1S/C16H23NO5/c1-13(18)17-15(16(19)20-2)12-22-10-6-9-21-11-14-7-4-3-5-8-14/h3-5,7-8,15H,6,9-12H2,1-2H3,(H,17,18)/t15-/m0/s1. The maximum atomic E-state index is 11.4. The fourth-order valence-corrected chi connectivity index (χ4v) is 1.78. The normalized spacial score (nSPS) is 11.7. The highest BCUT2D eigenvalue weighted by atomic mass is 16.5. The zero-order chi connectivity index (χ0) is 16.2. The molecule has 1 aromatic carbocycles. The second kappa shape index (κ2) is 10.8. The largest absolute Gasteiger partial charge is 0.467 e. The van der Waals surface area contributed by atoms with Crippen molar-refractivity contribution in [1.82, 2.24) is 5.32 Å². The van der Waals surface area contributed by atoms with E-state index in [0.717, 1.165) is 5.56 Å². The number of carbonyl (C=O) groups excluding carboxylic acids is 2. The van der Waals surface area contributed by atoms with E-state index in [1.54, 1.807) is 0 Å². The molecule has 1 atom stereocenters. The maximum absolute atomic E-state index is 11.4. The first-order chi connectivity index (χ1) is 10.6. The first kappa shape index (κ1) is 18.1. The van der Waals surface area contributed by atoms with Crippen molar-refractivity contribution in [2.75, 3.05) is 26.9 Å². The SMILES string of the molecule is COC(=O)[C@H](COCCCOCc1ccccc1)NC(C)=O. The third-order valence-electron chi connectivity index (χ3n) is 2.84. The lowest BCUT2D eigenvalue weighted by molar-refractivity contribution is -0.146. The molecule has 0 aliphatic heterocycles. The molecule has 0 aliphatic carbocycles. The fraction of sp³-hybridized carbons (Fsp3) is 0.500. The third kappa shape index (κ3) is 7.75. The Kier molecular flexibility index (Phi) is 8.86. The number of rotatable bonds is 10. The van der Waals surface area contributed by atoms with Gasteiger partial charge in [0, 0.05) is 20.1 Å². The molecule has 122 valence electrons. The molecule has 1 N–H and O–H groups in total. The van der Waals surface area contributed by atoms with Crippen molar-refractivity contribution in [3.8, 4) is 0 Å². The molecule has 0 aromatic heterocycles. The molecular weight excluding hydrogens is 286 g/mol. The van der Waals surface area contributed by atoms with Crippen LogP contribution >= 0.6 is 0 Å². The summed E-state index contributed by atoms with van der Waals surface area (Å²) in [6.07, 6.45) is 0.709. The number of esters is 1. The molecule has 0 radical (unpaired) electrons. The molecule has 0 saturated heterocycles. The van der Waals surface area contributed by atoms with Crippen LogP contribution in [0.25, 0.3) is 0 Å². The van der Waals surface area contributed by atoms with E-state index in [4.69, 9.17) is 9.47 Å².